The van der Waals surface area contributed by atoms with Gasteiger partial charge in [-0.05, 0) is 19.5 Å². The molecule has 0 atom stereocenters. The first kappa shape index (κ1) is 11.9. The summed E-state index contributed by atoms with van der Waals surface area (Å²) >= 11 is 0. The van der Waals surface area contributed by atoms with Crippen molar-refractivity contribution in [3.8, 4) is 0 Å². The van der Waals surface area contributed by atoms with Gasteiger partial charge in [0.25, 0.3) is 5.69 Å². The Balaban J connectivity index is 2.33. The van der Waals surface area contributed by atoms with E-state index in [4.69, 9.17) is 0 Å². The van der Waals surface area contributed by atoms with E-state index in [1.54, 1.807) is 12.1 Å². The number of para-hydroxylation sites is 1. The van der Waals surface area contributed by atoms with Gasteiger partial charge in [-0.1, -0.05) is 12.1 Å². The van der Waals surface area contributed by atoms with Gasteiger partial charge in [0.2, 0.25) is 0 Å². The summed E-state index contributed by atoms with van der Waals surface area (Å²) in [5.41, 5.74) is 1.98. The summed E-state index contributed by atoms with van der Waals surface area (Å²) < 4.78 is 0. The Morgan fingerprint density at radius 1 is 1.24 bits per heavy atom. The second kappa shape index (κ2) is 4.71. The van der Waals surface area contributed by atoms with Gasteiger partial charge in [-0.15, -0.1) is 0 Å². The number of piperazine rings is 1. The molecule has 0 aliphatic carbocycles. The topological polar surface area (TPSA) is 49.6 Å². The Hall–Kier alpha value is -1.62. The van der Waals surface area contributed by atoms with E-state index in [9.17, 15) is 10.1 Å². The maximum Gasteiger partial charge on any atom is 0.292 e. The van der Waals surface area contributed by atoms with E-state index < -0.39 is 0 Å². The molecule has 1 saturated heterocycles. The largest absolute Gasteiger partial charge is 0.363 e. The van der Waals surface area contributed by atoms with Crippen LogP contribution < -0.4 is 4.90 Å². The van der Waals surface area contributed by atoms with Crippen molar-refractivity contribution in [2.45, 2.75) is 6.92 Å². The molecule has 0 spiro atoms. The molecule has 1 aromatic carbocycles. The molecule has 0 saturated carbocycles. The summed E-state index contributed by atoms with van der Waals surface area (Å²) in [7, 11) is 2.07. The van der Waals surface area contributed by atoms with Crippen LogP contribution in [0.15, 0.2) is 18.2 Å². The number of anilines is 1. The molecule has 1 aliphatic rings. The van der Waals surface area contributed by atoms with E-state index in [0.717, 1.165) is 37.4 Å². The number of nitro groups is 1. The minimum atomic E-state index is -0.291. The highest BCUT2D eigenvalue weighted by molar-refractivity contribution is 5.67. The van der Waals surface area contributed by atoms with Crippen LogP contribution in [0.5, 0.6) is 0 Å². The Morgan fingerprint density at radius 3 is 2.47 bits per heavy atom. The molecule has 0 unspecified atom stereocenters. The number of nitro benzene ring substituents is 1. The Bertz CT molecular complexity index is 426. The average Bonchev–Trinajstić information content (AvgIpc) is 2.30. The lowest BCUT2D eigenvalue weighted by Crippen LogP contribution is -2.44. The molecule has 1 heterocycles. The predicted octanol–water partition coefficient (Wildman–Crippen LogP) is 1.66. The second-order valence-electron chi connectivity index (χ2n) is 4.49. The number of rotatable bonds is 2. The van der Waals surface area contributed by atoms with Gasteiger partial charge in [0.1, 0.15) is 5.69 Å². The van der Waals surface area contributed by atoms with Crippen molar-refractivity contribution in [3.63, 3.8) is 0 Å². The van der Waals surface area contributed by atoms with Crippen LogP contribution in [0.1, 0.15) is 5.56 Å². The molecule has 0 aromatic heterocycles. The smallest absolute Gasteiger partial charge is 0.292 e. The van der Waals surface area contributed by atoms with Crippen LogP contribution in [0.3, 0.4) is 0 Å². The zero-order valence-corrected chi connectivity index (χ0v) is 10.2. The van der Waals surface area contributed by atoms with Crippen molar-refractivity contribution >= 4 is 11.4 Å². The molecule has 5 nitrogen and oxygen atoms in total. The molecule has 1 fully saturated rings. The molecule has 0 radical (unpaired) electrons. The van der Waals surface area contributed by atoms with E-state index in [-0.39, 0.29) is 10.6 Å². The summed E-state index contributed by atoms with van der Waals surface area (Å²) in [6.07, 6.45) is 0. The number of benzene rings is 1. The van der Waals surface area contributed by atoms with Crippen molar-refractivity contribution < 1.29 is 4.92 Å². The molecule has 2 rings (SSSR count). The van der Waals surface area contributed by atoms with Crippen LogP contribution in [0.2, 0.25) is 0 Å². The first-order chi connectivity index (χ1) is 8.09. The fraction of sp³-hybridized carbons (Fsp3) is 0.500. The van der Waals surface area contributed by atoms with Crippen LogP contribution in [-0.4, -0.2) is 43.0 Å². The molecule has 0 amide bonds. The lowest BCUT2D eigenvalue weighted by Gasteiger charge is -2.34. The van der Waals surface area contributed by atoms with Gasteiger partial charge in [0.15, 0.2) is 0 Å². The fourth-order valence-electron chi connectivity index (χ4n) is 2.23. The number of nitrogens with zero attached hydrogens (tertiary/aromatic N) is 3. The highest BCUT2D eigenvalue weighted by atomic mass is 16.6. The summed E-state index contributed by atoms with van der Waals surface area (Å²) in [6.45, 7) is 5.53. The molecule has 0 N–H and O–H groups in total. The van der Waals surface area contributed by atoms with Crippen LogP contribution in [-0.2, 0) is 0 Å². The van der Waals surface area contributed by atoms with Crippen LogP contribution >= 0.6 is 0 Å². The lowest BCUT2D eigenvalue weighted by molar-refractivity contribution is -0.384. The second-order valence-corrected chi connectivity index (χ2v) is 4.49. The van der Waals surface area contributed by atoms with Gasteiger partial charge in [-0.25, -0.2) is 0 Å². The van der Waals surface area contributed by atoms with Gasteiger partial charge in [-0.3, -0.25) is 10.1 Å². The van der Waals surface area contributed by atoms with Crippen molar-refractivity contribution in [2.24, 2.45) is 0 Å². The fourth-order valence-corrected chi connectivity index (χ4v) is 2.23. The van der Waals surface area contributed by atoms with Gasteiger partial charge in [0.05, 0.1) is 4.92 Å². The van der Waals surface area contributed by atoms with Crippen LogP contribution in [0.25, 0.3) is 0 Å². The third kappa shape index (κ3) is 2.39. The number of hydrogen-bond donors (Lipinski definition) is 0. The molecular formula is C12H17N3O2. The van der Waals surface area contributed by atoms with Gasteiger partial charge < -0.3 is 9.80 Å². The van der Waals surface area contributed by atoms with Crippen molar-refractivity contribution in [1.82, 2.24) is 4.90 Å². The third-order valence-electron chi connectivity index (χ3n) is 3.23. The molecule has 0 bridgehead atoms. The highest BCUT2D eigenvalue weighted by Crippen LogP contribution is 2.31. The molecule has 92 valence electrons. The van der Waals surface area contributed by atoms with Crippen molar-refractivity contribution in [2.75, 3.05) is 38.1 Å². The number of hydrogen-bond acceptors (Lipinski definition) is 4. The standard InChI is InChI=1S/C12H17N3O2/c1-10-4-3-5-11(15(16)17)12(10)14-8-6-13(2)7-9-14/h3-5H,6-9H2,1-2H3. The van der Waals surface area contributed by atoms with Gasteiger partial charge in [-0.2, -0.15) is 0 Å². The predicted molar refractivity (Wildman–Crippen MR) is 67.5 cm³/mol. The normalized spacial score (nSPS) is 17.2. The lowest BCUT2D eigenvalue weighted by atomic mass is 10.1. The first-order valence-corrected chi connectivity index (χ1v) is 5.77. The number of aryl methyl sites for hydroxylation is 1. The minimum absolute atomic E-state index is 0.217. The third-order valence-corrected chi connectivity index (χ3v) is 3.23. The Kier molecular flexibility index (Phi) is 3.28. The van der Waals surface area contributed by atoms with E-state index >= 15 is 0 Å². The highest BCUT2D eigenvalue weighted by Gasteiger charge is 2.23. The SMILES string of the molecule is Cc1cccc([N+](=O)[O-])c1N1CCN(C)CC1. The average molecular weight is 235 g/mol. The van der Waals surface area contributed by atoms with Gasteiger partial charge >= 0.3 is 0 Å². The quantitative estimate of drug-likeness (QED) is 0.578. The zero-order valence-electron chi connectivity index (χ0n) is 10.2. The summed E-state index contributed by atoms with van der Waals surface area (Å²) in [5, 5.41) is 11.0. The van der Waals surface area contributed by atoms with E-state index in [1.807, 2.05) is 13.0 Å². The molecule has 5 heteroatoms. The van der Waals surface area contributed by atoms with Gasteiger partial charge in [0, 0.05) is 32.2 Å². The maximum absolute atomic E-state index is 11.0. The Morgan fingerprint density at radius 2 is 1.88 bits per heavy atom. The van der Waals surface area contributed by atoms with E-state index in [1.165, 1.54) is 0 Å². The molecule has 1 aromatic rings. The summed E-state index contributed by atoms with van der Waals surface area (Å²) in [6, 6.07) is 5.26. The Labute approximate surface area is 101 Å². The van der Waals surface area contributed by atoms with Crippen LogP contribution in [0.4, 0.5) is 11.4 Å². The van der Waals surface area contributed by atoms with E-state index in [2.05, 4.69) is 16.8 Å². The van der Waals surface area contributed by atoms with Crippen LogP contribution in [0, 0.1) is 17.0 Å². The monoisotopic (exact) mass is 235 g/mol. The maximum atomic E-state index is 11.0. The molecule has 1 aliphatic heterocycles. The number of likely N-dealkylation sites (N-methyl/N-ethyl adjacent to an activating group) is 1. The van der Waals surface area contributed by atoms with Crippen molar-refractivity contribution in [3.05, 3.63) is 33.9 Å². The molecular weight excluding hydrogens is 218 g/mol. The first-order valence-electron chi connectivity index (χ1n) is 5.77. The summed E-state index contributed by atoms with van der Waals surface area (Å²) in [4.78, 5) is 15.1. The zero-order chi connectivity index (χ0) is 12.4. The van der Waals surface area contributed by atoms with E-state index in [0.29, 0.717) is 0 Å². The minimum Gasteiger partial charge on any atom is -0.363 e. The van der Waals surface area contributed by atoms with Crippen molar-refractivity contribution in [1.29, 1.82) is 0 Å². The summed E-state index contributed by atoms with van der Waals surface area (Å²) in [5.74, 6) is 0. The molecule has 17 heavy (non-hydrogen) atoms.